The zero-order valence-electron chi connectivity index (χ0n) is 12.9. The van der Waals surface area contributed by atoms with Crippen LogP contribution >= 0.6 is 0 Å². The average Bonchev–Trinajstić information content (AvgIpc) is 2.48. The highest BCUT2D eigenvalue weighted by molar-refractivity contribution is 5.79. The molecule has 0 saturated heterocycles. The number of carboxylic acids is 1. The molecule has 1 N–H and O–H groups in total. The maximum absolute atomic E-state index is 12.3. The summed E-state index contributed by atoms with van der Waals surface area (Å²) in [6.45, 7) is 4.68. The second-order valence-electron chi connectivity index (χ2n) is 5.34. The van der Waals surface area contributed by atoms with E-state index < -0.39 is 5.97 Å². The standard InChI is InChI=1S/C17H25NO3/c1-3-18(13-12-16(19)20)17(21)14(2)8-7-11-15-9-5-4-6-10-15/h4-6,9-10,14H,3,7-8,11-13H2,1-2H3,(H,19,20). The van der Waals surface area contributed by atoms with Gasteiger partial charge in [-0.05, 0) is 31.7 Å². The molecule has 21 heavy (non-hydrogen) atoms. The van der Waals surface area contributed by atoms with Crippen molar-refractivity contribution in [2.75, 3.05) is 13.1 Å². The van der Waals surface area contributed by atoms with Crippen LogP contribution in [0, 0.1) is 5.92 Å². The van der Waals surface area contributed by atoms with Crippen LogP contribution in [0.4, 0.5) is 0 Å². The van der Waals surface area contributed by atoms with Crippen molar-refractivity contribution < 1.29 is 14.7 Å². The van der Waals surface area contributed by atoms with Crippen LogP contribution in [0.5, 0.6) is 0 Å². The maximum Gasteiger partial charge on any atom is 0.305 e. The Hall–Kier alpha value is -1.84. The number of carboxylic acid groups (broad SMARTS) is 1. The number of hydrogen-bond acceptors (Lipinski definition) is 2. The van der Waals surface area contributed by atoms with Crippen molar-refractivity contribution in [1.82, 2.24) is 4.90 Å². The van der Waals surface area contributed by atoms with Crippen LogP contribution in [0.3, 0.4) is 0 Å². The number of hydrogen-bond donors (Lipinski definition) is 1. The topological polar surface area (TPSA) is 57.6 Å². The summed E-state index contributed by atoms with van der Waals surface area (Å²) in [5, 5.41) is 8.71. The van der Waals surface area contributed by atoms with Crippen LogP contribution < -0.4 is 0 Å². The van der Waals surface area contributed by atoms with Gasteiger partial charge in [-0.25, -0.2) is 0 Å². The van der Waals surface area contributed by atoms with E-state index in [2.05, 4.69) is 12.1 Å². The van der Waals surface area contributed by atoms with Gasteiger partial charge in [-0.2, -0.15) is 0 Å². The number of nitrogens with zero attached hydrogens (tertiary/aromatic N) is 1. The minimum atomic E-state index is -0.863. The molecule has 0 spiro atoms. The number of amides is 1. The average molecular weight is 291 g/mol. The zero-order valence-corrected chi connectivity index (χ0v) is 12.9. The molecule has 1 amide bonds. The van der Waals surface area contributed by atoms with Gasteiger partial charge in [0.25, 0.3) is 0 Å². The molecule has 0 heterocycles. The molecule has 1 aromatic rings. The molecule has 0 aliphatic carbocycles. The van der Waals surface area contributed by atoms with E-state index in [-0.39, 0.29) is 18.2 Å². The Morgan fingerprint density at radius 2 is 1.90 bits per heavy atom. The lowest BCUT2D eigenvalue weighted by molar-refractivity contribution is -0.139. The lowest BCUT2D eigenvalue weighted by Gasteiger charge is -2.23. The van der Waals surface area contributed by atoms with E-state index in [1.807, 2.05) is 32.0 Å². The smallest absolute Gasteiger partial charge is 0.305 e. The Morgan fingerprint density at radius 1 is 1.24 bits per heavy atom. The summed E-state index contributed by atoms with van der Waals surface area (Å²) in [6.07, 6.45) is 2.78. The van der Waals surface area contributed by atoms with Gasteiger partial charge in [-0.1, -0.05) is 37.3 Å². The van der Waals surface area contributed by atoms with Crippen molar-refractivity contribution in [3.8, 4) is 0 Å². The van der Waals surface area contributed by atoms with E-state index in [1.165, 1.54) is 5.56 Å². The minimum Gasteiger partial charge on any atom is -0.481 e. The molecule has 0 fully saturated rings. The molecule has 1 unspecified atom stereocenters. The molecule has 0 aromatic heterocycles. The van der Waals surface area contributed by atoms with Crippen LogP contribution in [0.2, 0.25) is 0 Å². The van der Waals surface area contributed by atoms with Gasteiger partial charge in [-0.3, -0.25) is 9.59 Å². The molecule has 1 aromatic carbocycles. The van der Waals surface area contributed by atoms with Gasteiger partial charge in [0.05, 0.1) is 6.42 Å². The molecule has 0 aliphatic heterocycles. The number of aliphatic carboxylic acids is 1. The number of carbonyl (C=O) groups is 2. The number of benzene rings is 1. The van der Waals surface area contributed by atoms with Crippen molar-refractivity contribution >= 4 is 11.9 Å². The minimum absolute atomic E-state index is 0.0102. The molecule has 0 bridgehead atoms. The normalized spacial score (nSPS) is 11.9. The zero-order chi connectivity index (χ0) is 15.7. The van der Waals surface area contributed by atoms with E-state index >= 15 is 0 Å². The second kappa shape index (κ2) is 9.16. The van der Waals surface area contributed by atoms with Gasteiger partial charge in [-0.15, -0.1) is 0 Å². The Labute approximate surface area is 126 Å². The summed E-state index contributed by atoms with van der Waals surface area (Å²) in [5.41, 5.74) is 1.29. The maximum atomic E-state index is 12.3. The first kappa shape index (κ1) is 17.2. The van der Waals surface area contributed by atoms with Crippen LogP contribution in [0.1, 0.15) is 38.7 Å². The largest absolute Gasteiger partial charge is 0.481 e. The van der Waals surface area contributed by atoms with Crippen molar-refractivity contribution in [2.24, 2.45) is 5.92 Å². The van der Waals surface area contributed by atoms with Crippen LogP contribution in [0.25, 0.3) is 0 Å². The van der Waals surface area contributed by atoms with E-state index in [0.717, 1.165) is 19.3 Å². The van der Waals surface area contributed by atoms with Gasteiger partial charge >= 0.3 is 5.97 Å². The molecule has 0 saturated carbocycles. The first-order valence-corrected chi connectivity index (χ1v) is 7.59. The van der Waals surface area contributed by atoms with Gasteiger partial charge in [0.2, 0.25) is 5.91 Å². The lowest BCUT2D eigenvalue weighted by Crippen LogP contribution is -2.36. The Bertz CT molecular complexity index is 445. The van der Waals surface area contributed by atoms with Crippen molar-refractivity contribution in [2.45, 2.75) is 39.5 Å². The molecule has 0 radical (unpaired) electrons. The Morgan fingerprint density at radius 3 is 2.48 bits per heavy atom. The highest BCUT2D eigenvalue weighted by Crippen LogP contribution is 2.13. The molecule has 116 valence electrons. The number of carbonyl (C=O) groups excluding carboxylic acids is 1. The molecular formula is C17H25NO3. The predicted octanol–water partition coefficient (Wildman–Crippen LogP) is 2.97. The fourth-order valence-corrected chi connectivity index (χ4v) is 2.35. The summed E-state index contributed by atoms with van der Waals surface area (Å²) in [4.78, 5) is 24.5. The SMILES string of the molecule is CCN(CCC(=O)O)C(=O)C(C)CCCc1ccccc1. The van der Waals surface area contributed by atoms with Gasteiger partial charge in [0.1, 0.15) is 0 Å². The quantitative estimate of drug-likeness (QED) is 0.761. The lowest BCUT2D eigenvalue weighted by atomic mass is 10.00. The van der Waals surface area contributed by atoms with Crippen molar-refractivity contribution in [1.29, 1.82) is 0 Å². The number of aryl methyl sites for hydroxylation is 1. The van der Waals surface area contributed by atoms with E-state index in [0.29, 0.717) is 13.1 Å². The van der Waals surface area contributed by atoms with Gasteiger partial charge < -0.3 is 10.0 Å². The van der Waals surface area contributed by atoms with Crippen molar-refractivity contribution in [3.05, 3.63) is 35.9 Å². The highest BCUT2D eigenvalue weighted by atomic mass is 16.4. The summed E-state index contributed by atoms with van der Waals surface area (Å²) < 4.78 is 0. The Balaban J connectivity index is 2.36. The summed E-state index contributed by atoms with van der Waals surface area (Å²) in [7, 11) is 0. The highest BCUT2D eigenvalue weighted by Gasteiger charge is 2.19. The van der Waals surface area contributed by atoms with Crippen LogP contribution in [0.15, 0.2) is 30.3 Å². The third kappa shape index (κ3) is 6.43. The van der Waals surface area contributed by atoms with Gasteiger partial charge in [0.15, 0.2) is 0 Å². The molecule has 0 aliphatic rings. The predicted molar refractivity (Wildman–Crippen MR) is 83.1 cm³/mol. The first-order chi connectivity index (χ1) is 10.0. The Kier molecular flexibility index (Phi) is 7.51. The molecule has 4 heteroatoms. The molecule has 4 nitrogen and oxygen atoms in total. The summed E-state index contributed by atoms with van der Waals surface area (Å²) in [6, 6.07) is 10.2. The molecular weight excluding hydrogens is 266 g/mol. The van der Waals surface area contributed by atoms with Crippen LogP contribution in [-0.4, -0.2) is 35.0 Å². The third-order valence-corrected chi connectivity index (χ3v) is 3.66. The summed E-state index contributed by atoms with van der Waals surface area (Å²) in [5.74, 6) is -0.854. The second-order valence-corrected chi connectivity index (χ2v) is 5.34. The number of rotatable bonds is 9. The molecule has 1 rings (SSSR count). The van der Waals surface area contributed by atoms with E-state index in [4.69, 9.17) is 5.11 Å². The van der Waals surface area contributed by atoms with E-state index in [1.54, 1.807) is 4.90 Å². The van der Waals surface area contributed by atoms with E-state index in [9.17, 15) is 9.59 Å². The first-order valence-electron chi connectivity index (χ1n) is 7.59. The monoisotopic (exact) mass is 291 g/mol. The fourth-order valence-electron chi connectivity index (χ4n) is 2.35. The molecule has 1 atom stereocenters. The van der Waals surface area contributed by atoms with Crippen LogP contribution in [-0.2, 0) is 16.0 Å². The fraction of sp³-hybridized carbons (Fsp3) is 0.529. The third-order valence-electron chi connectivity index (χ3n) is 3.66. The van der Waals surface area contributed by atoms with Crippen molar-refractivity contribution in [3.63, 3.8) is 0 Å². The summed E-state index contributed by atoms with van der Waals surface area (Å²) >= 11 is 0. The van der Waals surface area contributed by atoms with Gasteiger partial charge in [0, 0.05) is 19.0 Å².